The van der Waals surface area contributed by atoms with Crippen LogP contribution in [0.3, 0.4) is 0 Å². The van der Waals surface area contributed by atoms with Crippen molar-refractivity contribution in [2.45, 2.75) is 19.8 Å². The molecule has 2 aromatic heterocycles. The zero-order chi connectivity index (χ0) is 14.1. The summed E-state index contributed by atoms with van der Waals surface area (Å²) in [7, 11) is 0. The van der Waals surface area contributed by atoms with Crippen LogP contribution in [-0.2, 0) is 0 Å². The van der Waals surface area contributed by atoms with Crippen molar-refractivity contribution in [1.29, 1.82) is 0 Å². The lowest BCUT2D eigenvalue weighted by atomic mass is 10.1. The molecular weight excluding hydrogens is 288 g/mol. The van der Waals surface area contributed by atoms with Crippen LogP contribution in [-0.4, -0.2) is 10.9 Å². The smallest absolute Gasteiger partial charge is 0.258 e. The first-order valence-electron chi connectivity index (χ1n) is 6.38. The molecule has 0 fully saturated rings. The van der Waals surface area contributed by atoms with Gasteiger partial charge in [-0.15, -0.1) is 22.7 Å². The van der Waals surface area contributed by atoms with Gasteiger partial charge in [0.1, 0.15) is 0 Å². The molecule has 0 bridgehead atoms. The van der Waals surface area contributed by atoms with E-state index in [1.165, 1.54) is 11.3 Å². The third-order valence-corrected chi connectivity index (χ3v) is 4.80. The normalized spacial score (nSPS) is 11.2. The zero-order valence-electron chi connectivity index (χ0n) is 11.2. The molecule has 2 heterocycles. The number of hydrogen-bond donors (Lipinski definition) is 1. The van der Waals surface area contributed by atoms with Crippen molar-refractivity contribution in [2.75, 3.05) is 5.32 Å². The Bertz CT molecular complexity index is 758. The van der Waals surface area contributed by atoms with Gasteiger partial charge >= 0.3 is 0 Å². The van der Waals surface area contributed by atoms with Gasteiger partial charge in [-0.25, -0.2) is 4.98 Å². The third kappa shape index (κ3) is 2.46. The number of anilines is 1. The zero-order valence-corrected chi connectivity index (χ0v) is 12.8. The summed E-state index contributed by atoms with van der Waals surface area (Å²) in [5, 5.41) is 8.44. The summed E-state index contributed by atoms with van der Waals surface area (Å²) >= 11 is 3.05. The maximum Gasteiger partial charge on any atom is 0.258 e. The second-order valence-corrected chi connectivity index (χ2v) is 6.60. The number of carbonyl (C=O) groups is 1. The molecule has 0 atom stereocenters. The second-order valence-electron chi connectivity index (χ2n) is 4.83. The average Bonchev–Trinajstić information content (AvgIpc) is 3.04. The van der Waals surface area contributed by atoms with Crippen LogP contribution >= 0.6 is 22.7 Å². The topological polar surface area (TPSA) is 42.0 Å². The Morgan fingerprint density at radius 2 is 2.00 bits per heavy atom. The molecule has 0 saturated carbocycles. The summed E-state index contributed by atoms with van der Waals surface area (Å²) in [6.07, 6.45) is 0. The van der Waals surface area contributed by atoms with E-state index < -0.39 is 0 Å². The third-order valence-electron chi connectivity index (χ3n) is 3.06. The molecule has 0 saturated heterocycles. The number of rotatable bonds is 3. The average molecular weight is 302 g/mol. The van der Waals surface area contributed by atoms with Gasteiger partial charge in [0.2, 0.25) is 0 Å². The van der Waals surface area contributed by atoms with Gasteiger partial charge in [0.05, 0.1) is 11.3 Å². The Balaban J connectivity index is 1.85. The van der Waals surface area contributed by atoms with Crippen LogP contribution in [0.2, 0.25) is 0 Å². The summed E-state index contributed by atoms with van der Waals surface area (Å²) in [5.41, 5.74) is 1.73. The first kappa shape index (κ1) is 13.3. The highest BCUT2D eigenvalue weighted by atomic mass is 32.1. The molecule has 20 heavy (non-hydrogen) atoms. The van der Waals surface area contributed by atoms with Crippen molar-refractivity contribution in [1.82, 2.24) is 4.98 Å². The highest BCUT2D eigenvalue weighted by Gasteiger charge is 2.14. The van der Waals surface area contributed by atoms with E-state index >= 15 is 0 Å². The molecule has 0 radical (unpaired) electrons. The first-order valence-corrected chi connectivity index (χ1v) is 8.14. The van der Waals surface area contributed by atoms with E-state index in [1.54, 1.807) is 11.3 Å². The van der Waals surface area contributed by atoms with Crippen molar-refractivity contribution < 1.29 is 4.79 Å². The van der Waals surface area contributed by atoms with Crippen LogP contribution in [0.5, 0.6) is 0 Å². The molecule has 1 aromatic carbocycles. The quantitative estimate of drug-likeness (QED) is 0.759. The Hall–Kier alpha value is -1.72. The number of nitrogens with zero attached hydrogens (tertiary/aromatic N) is 1. The standard InChI is InChI=1S/C15H14N2OS2/c1-9(2)12-8-20-15(16-12)17-14(18)11-7-19-13-6-4-3-5-10(11)13/h3-9H,1-2H3,(H,16,17,18). The van der Waals surface area contributed by atoms with Crippen LogP contribution in [0.1, 0.15) is 35.8 Å². The number of fused-ring (bicyclic) bond motifs is 1. The molecule has 0 aliphatic carbocycles. The van der Waals surface area contributed by atoms with E-state index in [4.69, 9.17) is 0 Å². The van der Waals surface area contributed by atoms with E-state index in [-0.39, 0.29) is 5.91 Å². The molecule has 0 spiro atoms. The fourth-order valence-corrected chi connectivity index (χ4v) is 3.73. The number of aromatic nitrogens is 1. The lowest BCUT2D eigenvalue weighted by Crippen LogP contribution is -2.11. The fourth-order valence-electron chi connectivity index (χ4n) is 1.93. The Labute approximate surface area is 125 Å². The first-order chi connectivity index (χ1) is 9.65. The van der Waals surface area contributed by atoms with Gasteiger partial charge in [-0.05, 0) is 12.0 Å². The molecule has 0 aliphatic rings. The second kappa shape index (κ2) is 5.34. The minimum Gasteiger partial charge on any atom is -0.298 e. The maximum atomic E-state index is 12.3. The SMILES string of the molecule is CC(C)c1csc(NC(=O)c2csc3ccccc23)n1. The number of carbonyl (C=O) groups excluding carboxylic acids is 1. The molecule has 1 amide bonds. The molecule has 3 nitrogen and oxygen atoms in total. The number of benzene rings is 1. The van der Waals surface area contributed by atoms with Gasteiger partial charge < -0.3 is 0 Å². The number of thiazole rings is 1. The van der Waals surface area contributed by atoms with Gasteiger partial charge in [-0.1, -0.05) is 32.0 Å². The van der Waals surface area contributed by atoms with Gasteiger partial charge in [0.25, 0.3) is 5.91 Å². The predicted molar refractivity (Wildman–Crippen MR) is 86.0 cm³/mol. The predicted octanol–water partition coefficient (Wildman–Crippen LogP) is 4.73. The Morgan fingerprint density at radius 3 is 2.75 bits per heavy atom. The summed E-state index contributed by atoms with van der Waals surface area (Å²) in [4.78, 5) is 16.8. The van der Waals surface area contributed by atoms with Gasteiger partial charge in [-0.2, -0.15) is 0 Å². The van der Waals surface area contributed by atoms with E-state index in [9.17, 15) is 4.79 Å². The Kier molecular flexibility index (Phi) is 3.54. The molecule has 102 valence electrons. The van der Waals surface area contributed by atoms with E-state index in [0.29, 0.717) is 16.6 Å². The number of thiophene rings is 1. The lowest BCUT2D eigenvalue weighted by molar-refractivity contribution is 0.102. The number of nitrogens with one attached hydrogen (secondary N) is 1. The van der Waals surface area contributed by atoms with E-state index in [1.807, 2.05) is 35.0 Å². The molecular formula is C15H14N2OS2. The van der Waals surface area contributed by atoms with Crippen molar-refractivity contribution in [2.24, 2.45) is 0 Å². The molecule has 0 aliphatic heterocycles. The lowest BCUT2D eigenvalue weighted by Gasteiger charge is -2.01. The van der Waals surface area contributed by atoms with E-state index in [2.05, 4.69) is 24.1 Å². The minimum atomic E-state index is -0.0906. The van der Waals surface area contributed by atoms with Crippen LogP contribution in [0.15, 0.2) is 35.0 Å². The molecule has 0 unspecified atom stereocenters. The summed E-state index contributed by atoms with van der Waals surface area (Å²) in [6.45, 7) is 4.18. The maximum absolute atomic E-state index is 12.3. The van der Waals surface area contributed by atoms with Crippen LogP contribution in [0.4, 0.5) is 5.13 Å². The summed E-state index contributed by atoms with van der Waals surface area (Å²) in [5.74, 6) is 0.283. The summed E-state index contributed by atoms with van der Waals surface area (Å²) in [6, 6.07) is 7.93. The monoisotopic (exact) mass is 302 g/mol. The van der Waals surface area contributed by atoms with Crippen LogP contribution in [0.25, 0.3) is 10.1 Å². The van der Waals surface area contributed by atoms with Gasteiger partial charge in [0, 0.05) is 20.8 Å². The molecule has 1 N–H and O–H groups in total. The highest BCUT2D eigenvalue weighted by Crippen LogP contribution is 2.27. The Morgan fingerprint density at radius 1 is 1.20 bits per heavy atom. The van der Waals surface area contributed by atoms with Crippen LogP contribution in [0, 0.1) is 0 Å². The fraction of sp³-hybridized carbons (Fsp3) is 0.200. The number of amides is 1. The van der Waals surface area contributed by atoms with Gasteiger partial charge in [-0.3, -0.25) is 10.1 Å². The minimum absolute atomic E-state index is 0.0906. The van der Waals surface area contributed by atoms with Gasteiger partial charge in [0.15, 0.2) is 5.13 Å². The van der Waals surface area contributed by atoms with Crippen molar-refractivity contribution >= 4 is 43.8 Å². The number of hydrogen-bond acceptors (Lipinski definition) is 4. The largest absolute Gasteiger partial charge is 0.298 e. The van der Waals surface area contributed by atoms with Crippen molar-refractivity contribution in [3.05, 3.63) is 46.3 Å². The molecule has 3 rings (SSSR count). The summed E-state index contributed by atoms with van der Waals surface area (Å²) < 4.78 is 1.12. The highest BCUT2D eigenvalue weighted by molar-refractivity contribution is 7.17. The molecule has 5 heteroatoms. The van der Waals surface area contributed by atoms with Crippen molar-refractivity contribution in [3.8, 4) is 0 Å². The van der Waals surface area contributed by atoms with Crippen LogP contribution < -0.4 is 5.32 Å². The van der Waals surface area contributed by atoms with E-state index in [0.717, 1.165) is 15.8 Å². The molecule has 3 aromatic rings. The van der Waals surface area contributed by atoms with Crippen molar-refractivity contribution in [3.63, 3.8) is 0 Å².